The fourth-order valence-electron chi connectivity index (χ4n) is 2.11. The third kappa shape index (κ3) is 4.84. The predicted octanol–water partition coefficient (Wildman–Crippen LogP) is 3.18. The van der Waals surface area contributed by atoms with Crippen LogP contribution in [0.15, 0.2) is 18.2 Å². The molecule has 0 aromatic heterocycles. The molecule has 1 amide bonds. The van der Waals surface area contributed by atoms with Gasteiger partial charge in [0.2, 0.25) is 0 Å². The summed E-state index contributed by atoms with van der Waals surface area (Å²) < 4.78 is 0. The first-order valence-electron chi connectivity index (χ1n) is 6.44. The molecule has 0 aliphatic carbocycles. The molecular weight excluding hydrogens is 262 g/mol. The summed E-state index contributed by atoms with van der Waals surface area (Å²) in [6, 6.07) is 5.40. The van der Waals surface area contributed by atoms with E-state index in [9.17, 15) is 9.90 Å². The summed E-state index contributed by atoms with van der Waals surface area (Å²) in [5, 5.41) is 12.8. The molecule has 0 radical (unpaired) electrons. The van der Waals surface area contributed by atoms with Gasteiger partial charge in [-0.2, -0.15) is 0 Å². The molecular formula is C15H22ClNO2. The van der Waals surface area contributed by atoms with Gasteiger partial charge < -0.3 is 10.4 Å². The fraction of sp³-hybridized carbons (Fsp3) is 0.533. The Morgan fingerprint density at radius 1 is 1.47 bits per heavy atom. The molecule has 0 aliphatic rings. The van der Waals surface area contributed by atoms with Crippen molar-refractivity contribution in [2.24, 2.45) is 5.41 Å². The lowest BCUT2D eigenvalue weighted by Gasteiger charge is -2.26. The highest BCUT2D eigenvalue weighted by Gasteiger charge is 2.22. The number of hydrogen-bond donors (Lipinski definition) is 2. The lowest BCUT2D eigenvalue weighted by molar-refractivity contribution is 0.0902. The van der Waals surface area contributed by atoms with E-state index in [4.69, 9.17) is 11.6 Å². The zero-order valence-corrected chi connectivity index (χ0v) is 12.7. The number of aryl methyl sites for hydroxylation is 1. The topological polar surface area (TPSA) is 49.3 Å². The lowest BCUT2D eigenvalue weighted by Crippen LogP contribution is -2.35. The maximum absolute atomic E-state index is 12.1. The van der Waals surface area contributed by atoms with Gasteiger partial charge in [0.25, 0.3) is 5.91 Å². The molecule has 1 atom stereocenters. The summed E-state index contributed by atoms with van der Waals surface area (Å²) in [5.74, 6) is -0.174. The molecule has 19 heavy (non-hydrogen) atoms. The maximum atomic E-state index is 12.1. The molecule has 0 spiro atoms. The second-order valence-corrected chi connectivity index (χ2v) is 6.21. The Balaban J connectivity index is 2.68. The average Bonchev–Trinajstić information content (AvgIpc) is 2.28. The fourth-order valence-corrected chi connectivity index (χ4v) is 2.32. The van der Waals surface area contributed by atoms with Crippen molar-refractivity contribution in [3.8, 4) is 0 Å². The number of aliphatic hydroxyl groups excluding tert-OH is 1. The molecule has 1 aromatic rings. The van der Waals surface area contributed by atoms with Crippen LogP contribution in [0, 0.1) is 12.3 Å². The third-order valence-corrected chi connectivity index (χ3v) is 3.51. The van der Waals surface area contributed by atoms with Gasteiger partial charge in [-0.05, 0) is 37.3 Å². The van der Waals surface area contributed by atoms with Crippen molar-refractivity contribution < 1.29 is 9.90 Å². The minimum absolute atomic E-state index is 0.153. The van der Waals surface area contributed by atoms with Crippen LogP contribution in [0.3, 0.4) is 0 Å². The number of aliphatic hydroxyl groups is 1. The zero-order valence-electron chi connectivity index (χ0n) is 12.0. The van der Waals surface area contributed by atoms with Crippen LogP contribution in [0.1, 0.15) is 43.1 Å². The molecule has 3 nitrogen and oxygen atoms in total. The van der Waals surface area contributed by atoms with Gasteiger partial charge in [0, 0.05) is 6.54 Å². The highest BCUT2D eigenvalue weighted by atomic mass is 35.5. The molecule has 2 N–H and O–H groups in total. The number of benzene rings is 1. The van der Waals surface area contributed by atoms with Crippen LogP contribution in [-0.4, -0.2) is 23.7 Å². The second-order valence-electron chi connectivity index (χ2n) is 5.84. The molecule has 0 saturated heterocycles. The Bertz CT molecular complexity index is 455. The summed E-state index contributed by atoms with van der Waals surface area (Å²) >= 11 is 6.12. The largest absolute Gasteiger partial charge is 0.393 e. The van der Waals surface area contributed by atoms with Gasteiger partial charge >= 0.3 is 0 Å². The van der Waals surface area contributed by atoms with Gasteiger partial charge in [-0.25, -0.2) is 0 Å². The van der Waals surface area contributed by atoms with Crippen molar-refractivity contribution >= 4 is 17.5 Å². The Hall–Kier alpha value is -1.06. The van der Waals surface area contributed by atoms with Gasteiger partial charge in [0.1, 0.15) is 0 Å². The van der Waals surface area contributed by atoms with E-state index in [1.165, 1.54) is 0 Å². The van der Waals surface area contributed by atoms with Crippen LogP contribution < -0.4 is 5.32 Å². The molecule has 106 valence electrons. The summed E-state index contributed by atoms with van der Waals surface area (Å²) in [7, 11) is 0. The smallest absolute Gasteiger partial charge is 0.252 e. The van der Waals surface area contributed by atoms with Crippen LogP contribution in [-0.2, 0) is 0 Å². The van der Waals surface area contributed by atoms with E-state index in [1.54, 1.807) is 13.0 Å². The minimum atomic E-state index is -0.380. The number of rotatable bonds is 5. The van der Waals surface area contributed by atoms with E-state index in [-0.39, 0.29) is 17.4 Å². The molecule has 0 saturated carbocycles. The highest BCUT2D eigenvalue weighted by molar-refractivity contribution is 6.34. The van der Waals surface area contributed by atoms with E-state index >= 15 is 0 Å². The molecule has 1 aromatic carbocycles. The lowest BCUT2D eigenvalue weighted by atomic mass is 9.87. The standard InChI is InChI=1S/C15H22ClNO2/c1-10-6-5-7-12(13(10)16)14(19)17-9-15(3,4)8-11(2)18/h5-7,11,18H,8-9H2,1-4H3,(H,17,19). The average molecular weight is 284 g/mol. The SMILES string of the molecule is Cc1cccc(C(=O)NCC(C)(C)CC(C)O)c1Cl. The number of carbonyl (C=O) groups is 1. The molecule has 1 rings (SSSR count). The van der Waals surface area contributed by atoms with Crippen LogP contribution in [0.4, 0.5) is 0 Å². The van der Waals surface area contributed by atoms with Gasteiger partial charge in [-0.15, -0.1) is 0 Å². The van der Waals surface area contributed by atoms with Gasteiger partial charge in [-0.3, -0.25) is 4.79 Å². The first-order chi connectivity index (χ1) is 8.73. The van der Waals surface area contributed by atoms with E-state index in [0.717, 1.165) is 5.56 Å². The maximum Gasteiger partial charge on any atom is 0.252 e. The first kappa shape index (κ1) is 16.0. The summed E-state index contributed by atoms with van der Waals surface area (Å²) in [6.07, 6.45) is 0.254. The monoisotopic (exact) mass is 283 g/mol. The molecule has 0 aliphatic heterocycles. The third-order valence-electron chi connectivity index (χ3n) is 3.01. The molecule has 0 fully saturated rings. The first-order valence-corrected chi connectivity index (χ1v) is 6.82. The summed E-state index contributed by atoms with van der Waals surface area (Å²) in [6.45, 7) is 8.15. The normalized spacial score (nSPS) is 13.2. The van der Waals surface area contributed by atoms with E-state index in [2.05, 4.69) is 5.32 Å². The number of hydrogen-bond acceptors (Lipinski definition) is 2. The Kier molecular flexibility index (Phi) is 5.39. The van der Waals surface area contributed by atoms with E-state index in [1.807, 2.05) is 32.9 Å². The van der Waals surface area contributed by atoms with Crippen molar-refractivity contribution in [2.45, 2.75) is 40.2 Å². The van der Waals surface area contributed by atoms with Crippen LogP contribution >= 0.6 is 11.6 Å². The summed E-state index contributed by atoms with van der Waals surface area (Å²) in [4.78, 5) is 12.1. The van der Waals surface area contributed by atoms with Crippen LogP contribution in [0.2, 0.25) is 5.02 Å². The van der Waals surface area contributed by atoms with Crippen LogP contribution in [0.25, 0.3) is 0 Å². The van der Waals surface area contributed by atoms with Crippen molar-refractivity contribution in [3.05, 3.63) is 34.3 Å². The Morgan fingerprint density at radius 2 is 2.11 bits per heavy atom. The number of carbonyl (C=O) groups excluding carboxylic acids is 1. The molecule has 1 unspecified atom stereocenters. The van der Waals surface area contributed by atoms with Crippen LogP contribution in [0.5, 0.6) is 0 Å². The van der Waals surface area contributed by atoms with Gasteiger partial charge in [0.05, 0.1) is 16.7 Å². The minimum Gasteiger partial charge on any atom is -0.393 e. The van der Waals surface area contributed by atoms with Crippen molar-refractivity contribution in [3.63, 3.8) is 0 Å². The van der Waals surface area contributed by atoms with E-state index in [0.29, 0.717) is 23.6 Å². The predicted molar refractivity (Wildman–Crippen MR) is 78.6 cm³/mol. The Labute approximate surface area is 120 Å². The second kappa shape index (κ2) is 6.40. The summed E-state index contributed by atoms with van der Waals surface area (Å²) in [5.41, 5.74) is 1.23. The highest BCUT2D eigenvalue weighted by Crippen LogP contribution is 2.23. The number of nitrogens with one attached hydrogen (secondary N) is 1. The Morgan fingerprint density at radius 3 is 2.68 bits per heavy atom. The quantitative estimate of drug-likeness (QED) is 0.872. The number of halogens is 1. The van der Waals surface area contributed by atoms with Crippen molar-refractivity contribution in [2.75, 3.05) is 6.54 Å². The molecule has 0 bridgehead atoms. The van der Waals surface area contributed by atoms with E-state index < -0.39 is 0 Å². The molecule has 0 heterocycles. The van der Waals surface area contributed by atoms with Crippen molar-refractivity contribution in [1.29, 1.82) is 0 Å². The van der Waals surface area contributed by atoms with Crippen molar-refractivity contribution in [1.82, 2.24) is 5.32 Å². The van der Waals surface area contributed by atoms with Gasteiger partial charge in [-0.1, -0.05) is 37.6 Å². The number of amides is 1. The molecule has 4 heteroatoms. The van der Waals surface area contributed by atoms with Gasteiger partial charge in [0.15, 0.2) is 0 Å². The zero-order chi connectivity index (χ0) is 14.6.